The molecule has 6 atom stereocenters. The summed E-state index contributed by atoms with van der Waals surface area (Å²) >= 11 is 0. The number of benzene rings is 8. The molecule has 0 aliphatic rings. The Morgan fingerprint density at radius 1 is 0.300 bits per heavy atom. The molecule has 4 N–H and O–H groups in total. The third kappa shape index (κ3) is 23.9. The largest absolute Gasteiger partial charge is 0.478 e. The van der Waals surface area contributed by atoms with E-state index in [1.807, 2.05) is 0 Å². The lowest BCUT2D eigenvalue weighted by Gasteiger charge is -2.25. The van der Waals surface area contributed by atoms with E-state index in [9.17, 15) is 67.7 Å². The fourth-order valence-corrected chi connectivity index (χ4v) is 8.96. The predicted molar refractivity (Wildman–Crippen MR) is 355 cm³/mol. The summed E-state index contributed by atoms with van der Waals surface area (Å²) in [5, 5.41) is 24.7. The molecule has 516 valence electrons. The SMILES string of the molecule is Cc1ccc(C(=O)O[C@@H](C(=O)O)[C@@H](OC(=O)c2ccc(C)cc2)C(=O)NC(CC(=O)OCc2ccccc2)C(=O)OCc2ccccc2)cc1.Cc1ccc(C(=O)O[C@H](C(=O)NC(CC(=O)OCc2ccccc2)C(=O)OCc2ccccc2)[C@@H](OC(=O)c2ccc(C)cc2)C(=O)O)cc1. The first-order chi connectivity index (χ1) is 48.0. The van der Waals surface area contributed by atoms with E-state index < -0.39 is 121 Å². The van der Waals surface area contributed by atoms with Gasteiger partial charge in [0, 0.05) is 0 Å². The highest BCUT2D eigenvalue weighted by atomic mass is 16.6. The smallest absolute Gasteiger partial charge is 0.349 e. The normalized spacial score (nSPS) is 12.4. The number of aryl methyl sites for hydroxylation is 4. The molecule has 0 fully saturated rings. The van der Waals surface area contributed by atoms with Crippen LogP contribution in [0.5, 0.6) is 0 Å². The summed E-state index contributed by atoms with van der Waals surface area (Å²) in [6.45, 7) is 6.40. The number of aliphatic carboxylic acids is 2. The van der Waals surface area contributed by atoms with Gasteiger partial charge in [0.05, 0.1) is 35.1 Å². The molecule has 0 aliphatic heterocycles. The van der Waals surface area contributed by atoms with Crippen LogP contribution < -0.4 is 10.6 Å². The lowest BCUT2D eigenvalue weighted by molar-refractivity contribution is -0.161. The zero-order valence-electron chi connectivity index (χ0n) is 54.6. The molecule has 0 aliphatic carbocycles. The first-order valence-corrected chi connectivity index (χ1v) is 31.0. The van der Waals surface area contributed by atoms with Gasteiger partial charge >= 0.3 is 59.7 Å². The van der Waals surface area contributed by atoms with Crippen molar-refractivity contribution in [3.63, 3.8) is 0 Å². The van der Waals surface area contributed by atoms with Crippen LogP contribution in [0.2, 0.25) is 0 Å². The molecule has 8 rings (SSSR count). The maximum absolute atomic E-state index is 13.8. The van der Waals surface area contributed by atoms with Crippen molar-refractivity contribution in [3.05, 3.63) is 285 Å². The lowest BCUT2D eigenvalue weighted by atomic mass is 10.1. The standard InChI is InChI=1S/2C38H35NO11/c2*1-24-13-17-28(18-14-24)36(44)49-32(33(35(42)43)50-37(45)29-19-15-25(2)16-20-29)34(41)39-30(38(46)48-23-27-11-7-4-8-12-27)21-31(40)47-22-26-9-5-3-6-10-26/h2*3-20,30,32-33H,21-23H2,1-2H3,(H,39,41)(H,42,43)/t30?,32-,33+;30?,32-,33-/m01/s1. The van der Waals surface area contributed by atoms with Gasteiger partial charge in [0.15, 0.2) is 0 Å². The van der Waals surface area contributed by atoms with E-state index in [0.29, 0.717) is 22.3 Å². The second kappa shape index (κ2) is 37.6. The average molecular weight is 1360 g/mol. The zero-order chi connectivity index (χ0) is 72.1. The average Bonchev–Trinajstić information content (AvgIpc) is 0.832. The van der Waals surface area contributed by atoms with E-state index in [1.165, 1.54) is 48.5 Å². The van der Waals surface area contributed by atoms with E-state index >= 15 is 0 Å². The predicted octanol–water partition coefficient (Wildman–Crippen LogP) is 9.00. The van der Waals surface area contributed by atoms with Gasteiger partial charge < -0.3 is 58.7 Å². The molecule has 0 bridgehead atoms. The van der Waals surface area contributed by atoms with Gasteiger partial charge in [-0.3, -0.25) is 19.2 Å². The van der Waals surface area contributed by atoms with Gasteiger partial charge in [-0.25, -0.2) is 38.4 Å². The Hall–Kier alpha value is -12.6. The van der Waals surface area contributed by atoms with E-state index in [2.05, 4.69) is 10.6 Å². The third-order valence-electron chi connectivity index (χ3n) is 14.5. The molecule has 0 radical (unpaired) electrons. The molecule has 24 heteroatoms. The fourth-order valence-electron chi connectivity index (χ4n) is 8.96. The monoisotopic (exact) mass is 1360 g/mol. The maximum Gasteiger partial charge on any atom is 0.349 e. The second-order valence-electron chi connectivity index (χ2n) is 22.5. The van der Waals surface area contributed by atoms with E-state index in [-0.39, 0.29) is 48.7 Å². The minimum atomic E-state index is -2.37. The number of hydrogen-bond acceptors (Lipinski definition) is 20. The number of hydrogen-bond donors (Lipinski definition) is 4. The van der Waals surface area contributed by atoms with Crippen LogP contribution >= 0.6 is 0 Å². The van der Waals surface area contributed by atoms with Crippen LogP contribution in [0, 0.1) is 27.7 Å². The Morgan fingerprint density at radius 3 is 0.750 bits per heavy atom. The quantitative estimate of drug-likeness (QED) is 0.0241. The maximum atomic E-state index is 13.8. The summed E-state index contributed by atoms with van der Waals surface area (Å²) in [4.78, 5) is 157. The second-order valence-corrected chi connectivity index (χ2v) is 22.5. The van der Waals surface area contributed by atoms with E-state index in [0.717, 1.165) is 22.3 Å². The molecule has 0 aromatic heterocycles. The number of ether oxygens (including phenoxy) is 8. The summed E-state index contributed by atoms with van der Waals surface area (Å²) in [5.41, 5.74) is 5.64. The Labute approximate surface area is 574 Å². The third-order valence-corrected chi connectivity index (χ3v) is 14.5. The molecular formula is C76H70N2O22. The Morgan fingerprint density at radius 2 is 0.520 bits per heavy atom. The molecule has 0 heterocycles. The van der Waals surface area contributed by atoms with Crippen LogP contribution in [0.4, 0.5) is 0 Å². The van der Waals surface area contributed by atoms with Crippen LogP contribution in [0.25, 0.3) is 0 Å². The molecule has 8 aromatic carbocycles. The van der Waals surface area contributed by atoms with E-state index in [4.69, 9.17) is 37.9 Å². The van der Waals surface area contributed by atoms with Crippen LogP contribution in [0.15, 0.2) is 218 Å². The molecule has 24 nitrogen and oxygen atoms in total. The highest BCUT2D eigenvalue weighted by molar-refractivity contribution is 6.00. The van der Waals surface area contributed by atoms with Crippen molar-refractivity contribution in [3.8, 4) is 0 Å². The van der Waals surface area contributed by atoms with Crippen molar-refractivity contribution < 1.29 is 106 Å². The van der Waals surface area contributed by atoms with Gasteiger partial charge in [-0.2, -0.15) is 0 Å². The minimum Gasteiger partial charge on any atom is -0.478 e. The highest BCUT2D eigenvalue weighted by Gasteiger charge is 2.45. The number of carbonyl (C=O) groups excluding carboxylic acids is 10. The first kappa shape index (κ1) is 74.8. The number of nitrogens with one attached hydrogen (secondary N) is 2. The minimum absolute atomic E-state index is 0.0330. The van der Waals surface area contributed by atoms with Crippen LogP contribution in [0.3, 0.4) is 0 Å². The van der Waals surface area contributed by atoms with Gasteiger partial charge in [0.1, 0.15) is 38.5 Å². The van der Waals surface area contributed by atoms with Crippen molar-refractivity contribution >= 4 is 71.5 Å². The Balaban J connectivity index is 0.000000281. The lowest BCUT2D eigenvalue weighted by Crippen LogP contribution is -2.54. The number of rotatable bonds is 30. The topological polar surface area (TPSA) is 343 Å². The van der Waals surface area contributed by atoms with E-state index in [1.54, 1.807) is 198 Å². The zero-order valence-corrected chi connectivity index (χ0v) is 54.6. The van der Waals surface area contributed by atoms with Crippen molar-refractivity contribution in [2.75, 3.05) is 0 Å². The molecule has 2 amide bonds. The number of carboxylic acids is 2. The number of amides is 2. The van der Waals surface area contributed by atoms with Crippen molar-refractivity contribution in [2.45, 2.75) is 103 Å². The molecule has 8 aromatic rings. The Kier molecular flexibility index (Phi) is 28.1. The first-order valence-electron chi connectivity index (χ1n) is 31.0. The van der Waals surface area contributed by atoms with Crippen molar-refractivity contribution in [1.82, 2.24) is 10.6 Å². The fraction of sp³-hybridized carbons (Fsp3) is 0.211. The molecule has 0 saturated heterocycles. The molecule has 100 heavy (non-hydrogen) atoms. The number of carboxylic acid groups (broad SMARTS) is 2. The van der Waals surface area contributed by atoms with Crippen LogP contribution in [0.1, 0.15) is 98.8 Å². The van der Waals surface area contributed by atoms with Gasteiger partial charge in [-0.1, -0.05) is 192 Å². The van der Waals surface area contributed by atoms with Crippen LogP contribution in [-0.4, -0.2) is 118 Å². The molecule has 0 saturated carbocycles. The van der Waals surface area contributed by atoms with Crippen molar-refractivity contribution in [2.24, 2.45) is 0 Å². The number of carbonyl (C=O) groups is 12. The van der Waals surface area contributed by atoms with Gasteiger partial charge in [-0.15, -0.1) is 0 Å². The summed E-state index contributed by atoms with van der Waals surface area (Å²) < 4.78 is 42.5. The number of esters is 8. The van der Waals surface area contributed by atoms with Gasteiger partial charge in [0.2, 0.25) is 24.4 Å². The van der Waals surface area contributed by atoms with Crippen LogP contribution in [-0.2, 0) is 103 Å². The molecule has 2 unspecified atom stereocenters. The van der Waals surface area contributed by atoms with Gasteiger partial charge in [-0.05, 0) is 98.5 Å². The Bertz CT molecular complexity index is 3850. The summed E-state index contributed by atoms with van der Waals surface area (Å²) in [6, 6.07) is 55.1. The summed E-state index contributed by atoms with van der Waals surface area (Å²) in [6.07, 6.45) is -10.8. The summed E-state index contributed by atoms with van der Waals surface area (Å²) in [7, 11) is 0. The molecular weight excluding hydrogens is 1290 g/mol. The molecule has 0 spiro atoms. The van der Waals surface area contributed by atoms with Gasteiger partial charge in [0.25, 0.3) is 11.8 Å². The highest BCUT2D eigenvalue weighted by Crippen LogP contribution is 2.20. The summed E-state index contributed by atoms with van der Waals surface area (Å²) in [5.74, 6) is -14.8. The van der Waals surface area contributed by atoms with Crippen molar-refractivity contribution in [1.29, 1.82) is 0 Å².